The van der Waals surface area contributed by atoms with E-state index in [0.29, 0.717) is 40.0 Å². The molecule has 4 heterocycles. The van der Waals surface area contributed by atoms with Crippen molar-refractivity contribution in [2.24, 2.45) is 0 Å². The molecule has 0 spiro atoms. The van der Waals surface area contributed by atoms with Gasteiger partial charge in [-0.3, -0.25) is 0 Å². The number of benzene rings is 2. The number of aryl methyl sites for hydroxylation is 2. The summed E-state index contributed by atoms with van der Waals surface area (Å²) >= 11 is 25.9. The number of aliphatic hydroxyl groups excluding tert-OH is 6. The van der Waals surface area contributed by atoms with Gasteiger partial charge in [0.2, 0.25) is 0 Å². The normalized spacial score (nSPS) is 26.7. The molecule has 0 bridgehead atoms. The van der Waals surface area contributed by atoms with Crippen LogP contribution in [-0.4, -0.2) is 135 Å². The van der Waals surface area contributed by atoms with Gasteiger partial charge in [0.05, 0.1) is 69.7 Å². The van der Waals surface area contributed by atoms with Crippen LogP contribution in [0.5, 0.6) is 0 Å². The Balaban J connectivity index is 0.00000363. The maximum Gasteiger partial charge on any atom is 1.00 e. The molecule has 3 aliphatic rings. The molecule has 18 nitrogen and oxygen atoms in total. The van der Waals surface area contributed by atoms with E-state index in [9.17, 15) is 50.4 Å². The van der Waals surface area contributed by atoms with Gasteiger partial charge in [0.25, 0.3) is 5.82 Å². The number of aliphatic carboxylic acids is 2. The molecule has 0 aliphatic carbocycles. The number of nitrogens with zero attached hydrogens (tertiary/aromatic N) is 4. The standard InChI is InChI=1S/C39H46Cl4N4O14.ClH.2Li/c1-3-44-22-14-18(40)19(41)15-23(22)45(4-2)26(44)8-5-9-27-46(10-6-12-58-38-32(52)28(48)30(50)34(60-38)36(54)55)24-16-20(42)21(43)17-25(24)47(27)11-7-13-59-39-33(53)29(49)31(51)35(61-39)37(56)57;;;/h5,8-9,14-17,28-35,38-39,48-53H,3-4,6-7,10-13H2,1-2H3,(H-,54,55,56,57);1H;;/q;;2*+1/p-2/t28-,29+,30+,31-,32?,33?,34?,35?,38-,39+;;;. The monoisotopic (exact) mass is 982 g/mol. The number of anilines is 2. The van der Waals surface area contributed by atoms with Gasteiger partial charge >= 0.3 is 37.7 Å². The van der Waals surface area contributed by atoms with Crippen molar-refractivity contribution in [3.63, 3.8) is 0 Å². The van der Waals surface area contributed by atoms with Crippen molar-refractivity contribution < 1.29 is 124 Å². The number of aliphatic hydroxyl groups is 6. The summed E-state index contributed by atoms with van der Waals surface area (Å²) in [6.07, 6.45) is -12.1. The first-order valence-electron chi connectivity index (χ1n) is 19.4. The van der Waals surface area contributed by atoms with Gasteiger partial charge in [-0.2, -0.15) is 0 Å². The molecule has 6 rings (SSSR count). The Bertz CT molecular complexity index is 2040. The third-order valence-corrected chi connectivity index (χ3v) is 12.1. The topological polar surface area (TPSA) is 254 Å². The molecule has 2 fully saturated rings. The number of carboxylic acids is 2. The second-order valence-electron chi connectivity index (χ2n) is 14.4. The number of rotatable bonds is 16. The summed E-state index contributed by atoms with van der Waals surface area (Å²) in [6.45, 7) is 5.49. The van der Waals surface area contributed by atoms with Crippen LogP contribution in [0.1, 0.15) is 32.5 Å². The minimum atomic E-state index is -1.94. The number of allylic oxidation sites excluding steroid dienone is 2. The third kappa shape index (κ3) is 11.7. The molecule has 3 aliphatic heterocycles. The molecule has 10 atom stereocenters. The van der Waals surface area contributed by atoms with Crippen molar-refractivity contribution in [1.82, 2.24) is 4.57 Å². The third-order valence-electron chi connectivity index (χ3n) is 10.6. The van der Waals surface area contributed by atoms with Gasteiger partial charge in [-0.1, -0.05) is 52.5 Å². The number of halogens is 5. The van der Waals surface area contributed by atoms with E-state index < -0.39 is 73.4 Å². The van der Waals surface area contributed by atoms with Crippen LogP contribution in [0.2, 0.25) is 20.1 Å². The van der Waals surface area contributed by atoms with Crippen molar-refractivity contribution in [3.8, 4) is 0 Å². The van der Waals surface area contributed by atoms with Crippen LogP contribution in [0.4, 0.5) is 11.4 Å². The van der Waals surface area contributed by atoms with Gasteiger partial charge in [-0.05, 0) is 32.1 Å². The minimum Gasteiger partial charge on any atom is -1.00 e. The largest absolute Gasteiger partial charge is 1.00 e. The Hall–Kier alpha value is -1.83. The van der Waals surface area contributed by atoms with E-state index in [0.717, 1.165) is 17.2 Å². The number of carbonyl (C=O) groups excluding carboxylic acids is 2. The Kier molecular flexibility index (Phi) is 21.6. The summed E-state index contributed by atoms with van der Waals surface area (Å²) in [7, 11) is 0. The van der Waals surface area contributed by atoms with E-state index >= 15 is 0 Å². The van der Waals surface area contributed by atoms with Crippen molar-refractivity contribution in [1.29, 1.82) is 0 Å². The van der Waals surface area contributed by atoms with Crippen LogP contribution in [0.25, 0.3) is 17.1 Å². The van der Waals surface area contributed by atoms with Gasteiger partial charge in [-0.15, -0.1) is 0 Å². The smallest absolute Gasteiger partial charge is 1.00 e. The summed E-state index contributed by atoms with van der Waals surface area (Å²) in [4.78, 5) is 27.2. The number of ether oxygens (including phenoxy) is 4. The Morgan fingerprint density at radius 3 is 1.64 bits per heavy atom. The van der Waals surface area contributed by atoms with Crippen LogP contribution < -0.4 is 74.7 Å². The summed E-state index contributed by atoms with van der Waals surface area (Å²) in [5.41, 5.74) is 3.03. The van der Waals surface area contributed by atoms with Gasteiger partial charge in [-0.25, -0.2) is 9.13 Å². The Labute approximate surface area is 418 Å². The molecule has 64 heavy (non-hydrogen) atoms. The summed E-state index contributed by atoms with van der Waals surface area (Å²) in [5.74, 6) is -2.12. The fourth-order valence-corrected chi connectivity index (χ4v) is 8.25. The van der Waals surface area contributed by atoms with Gasteiger partial charge in [0.1, 0.15) is 54.7 Å². The molecule has 2 saturated heterocycles. The molecule has 25 heteroatoms. The average molecular weight is 985 g/mol. The number of carboxylic acid groups (broad SMARTS) is 2. The zero-order valence-corrected chi connectivity index (χ0v) is 38.9. The Morgan fingerprint density at radius 1 is 0.719 bits per heavy atom. The molecular formula is C39H45Cl5Li2N4O14. The number of hydrogen-bond donors (Lipinski definition) is 6. The SMILES string of the molecule is CCN1C(=CC=Cc2n(CCCO[C@@H]3OC(C(=O)[O-])[C@@H](O)[C@@H](O)C3O)c3cc(Cl)c(Cl)cc3[n+]2CCCO[C@H]2OC(C(=O)[O-])[C@H](O)[C@H](O)C2O)N(CC)c2cc(Cl)c(Cl)cc21.[Cl-].[Li+].[Li+]. The van der Waals surface area contributed by atoms with Crippen LogP contribution in [-0.2, 0) is 41.6 Å². The second kappa shape index (κ2) is 24.5. The van der Waals surface area contributed by atoms with Crippen LogP contribution in [0.15, 0.2) is 42.2 Å². The molecule has 1 aromatic heterocycles. The maximum atomic E-state index is 11.5. The minimum absolute atomic E-state index is 0. The number of hydrogen-bond acceptors (Lipinski definition) is 16. The molecule has 0 radical (unpaired) electrons. The van der Waals surface area contributed by atoms with Crippen molar-refractivity contribution in [2.45, 2.75) is 101 Å². The van der Waals surface area contributed by atoms with Gasteiger partial charge in [0.15, 0.2) is 23.6 Å². The van der Waals surface area contributed by atoms with E-state index in [1.165, 1.54) is 0 Å². The molecule has 342 valence electrons. The molecule has 2 aromatic carbocycles. The molecule has 3 aromatic rings. The first-order chi connectivity index (χ1) is 29.0. The zero-order chi connectivity index (χ0) is 44.4. The summed E-state index contributed by atoms with van der Waals surface area (Å²) in [6, 6.07) is 6.99. The number of carbonyl (C=O) groups is 2. The van der Waals surface area contributed by atoms with E-state index in [2.05, 4.69) is 9.80 Å². The Morgan fingerprint density at radius 2 is 1.17 bits per heavy atom. The van der Waals surface area contributed by atoms with Crippen LogP contribution in [0.3, 0.4) is 0 Å². The molecule has 0 amide bonds. The average Bonchev–Trinajstić information content (AvgIpc) is 3.66. The van der Waals surface area contributed by atoms with E-state index in [-0.39, 0.29) is 99.3 Å². The summed E-state index contributed by atoms with van der Waals surface area (Å²) in [5, 5.41) is 85.7. The fourth-order valence-electron chi connectivity index (χ4n) is 7.62. The van der Waals surface area contributed by atoms with Gasteiger partial charge < -0.3 is 91.6 Å². The van der Waals surface area contributed by atoms with E-state index in [1.807, 2.05) is 53.3 Å². The van der Waals surface area contributed by atoms with Crippen LogP contribution in [0, 0.1) is 0 Å². The molecule has 0 saturated carbocycles. The van der Waals surface area contributed by atoms with E-state index in [4.69, 9.17) is 65.4 Å². The van der Waals surface area contributed by atoms with Crippen molar-refractivity contribution in [3.05, 3.63) is 68.2 Å². The number of imidazole rings is 1. The predicted molar refractivity (Wildman–Crippen MR) is 216 cm³/mol. The molecular weight excluding hydrogens is 940 g/mol. The number of aromatic nitrogens is 2. The number of fused-ring (bicyclic) bond motifs is 2. The quantitative estimate of drug-likeness (QED) is 0.0443. The predicted octanol–water partition coefficient (Wildman–Crippen LogP) is -9.30. The maximum absolute atomic E-state index is 11.5. The van der Waals surface area contributed by atoms with Crippen molar-refractivity contribution in [2.75, 3.05) is 36.1 Å². The van der Waals surface area contributed by atoms with Crippen LogP contribution >= 0.6 is 46.4 Å². The molecule has 6 N–H and O–H groups in total. The zero-order valence-electron chi connectivity index (χ0n) is 35.1. The first kappa shape index (κ1) is 56.5. The van der Waals surface area contributed by atoms with Crippen molar-refractivity contribution >= 4 is 86.8 Å². The van der Waals surface area contributed by atoms with E-state index in [1.54, 1.807) is 12.1 Å². The first-order valence-corrected chi connectivity index (χ1v) is 20.9. The van der Waals surface area contributed by atoms with Gasteiger partial charge in [0, 0.05) is 44.1 Å². The second-order valence-corrected chi connectivity index (χ2v) is 16.1. The molecule has 4 unspecified atom stereocenters. The summed E-state index contributed by atoms with van der Waals surface area (Å²) < 4.78 is 25.6. The fraction of sp³-hybridized carbons (Fsp3) is 0.513.